The van der Waals surface area contributed by atoms with Gasteiger partial charge in [0, 0.05) is 12.1 Å². The molecule has 8 heteroatoms. The summed E-state index contributed by atoms with van der Waals surface area (Å²) in [6.45, 7) is 7.11. The molecule has 144 valence electrons. The van der Waals surface area contributed by atoms with Gasteiger partial charge in [0.25, 0.3) is 11.2 Å². The summed E-state index contributed by atoms with van der Waals surface area (Å²) in [5.74, 6) is -0.0460. The molecule has 0 saturated carbocycles. The molecule has 0 fully saturated rings. The lowest BCUT2D eigenvalue weighted by atomic mass is 9.98. The number of hydrogen-bond acceptors (Lipinski definition) is 6. The minimum Gasteiger partial charge on any atom is -0.462 e. The smallest absolute Gasteiger partial charge is 0.338 e. The van der Waals surface area contributed by atoms with E-state index in [-0.39, 0.29) is 17.9 Å². The lowest BCUT2D eigenvalue weighted by Crippen LogP contribution is -2.24. The van der Waals surface area contributed by atoms with E-state index in [4.69, 9.17) is 4.74 Å². The Morgan fingerprint density at radius 2 is 1.86 bits per heavy atom. The number of nitro groups is 1. The average molecular weight is 381 g/mol. The molecule has 3 rings (SSSR count). The molecule has 0 atom stereocenters. The summed E-state index contributed by atoms with van der Waals surface area (Å²) in [4.78, 5) is 40.5. The number of ether oxygens (including phenoxy) is 1. The molecule has 0 aliphatic carbocycles. The van der Waals surface area contributed by atoms with Gasteiger partial charge in [-0.2, -0.15) is 0 Å². The minimum atomic E-state index is -0.503. The van der Waals surface area contributed by atoms with E-state index in [2.05, 4.69) is 4.98 Å². The predicted molar refractivity (Wildman–Crippen MR) is 104 cm³/mol. The molecule has 1 aromatic heterocycles. The van der Waals surface area contributed by atoms with Gasteiger partial charge in [0.15, 0.2) is 0 Å². The number of rotatable bonds is 4. The van der Waals surface area contributed by atoms with Crippen LogP contribution in [0.4, 0.5) is 5.69 Å². The number of carbonyl (C=O) groups excluding carboxylic acids is 1. The average Bonchev–Trinajstić information content (AvgIpc) is 2.61. The van der Waals surface area contributed by atoms with Crippen molar-refractivity contribution in [3.8, 4) is 5.69 Å². The number of nitrogens with zero attached hydrogens (tertiary/aromatic N) is 3. The van der Waals surface area contributed by atoms with Crippen LogP contribution in [0.15, 0.2) is 35.1 Å². The Hall–Kier alpha value is -3.55. The largest absolute Gasteiger partial charge is 0.462 e. The second-order valence-corrected chi connectivity index (χ2v) is 6.38. The van der Waals surface area contributed by atoms with E-state index < -0.39 is 10.9 Å². The van der Waals surface area contributed by atoms with E-state index in [0.717, 1.165) is 0 Å². The SMILES string of the molecule is CCOC(=O)c1c(C)cc2nc(C)n(-c3ccc([N+](=O)[O-])cc3)c(=O)c2c1C. The highest BCUT2D eigenvalue weighted by atomic mass is 16.6. The number of aromatic nitrogens is 2. The molecule has 0 saturated heterocycles. The Bertz CT molecular complexity index is 1160. The number of aryl methyl sites for hydroxylation is 3. The quantitative estimate of drug-likeness (QED) is 0.390. The van der Waals surface area contributed by atoms with Crippen LogP contribution in [0.1, 0.15) is 34.2 Å². The Labute approximate surface area is 160 Å². The lowest BCUT2D eigenvalue weighted by molar-refractivity contribution is -0.384. The Kier molecular flexibility index (Phi) is 4.96. The minimum absolute atomic E-state index is 0.0698. The summed E-state index contributed by atoms with van der Waals surface area (Å²) in [6, 6.07) is 7.35. The van der Waals surface area contributed by atoms with Crippen LogP contribution in [0.2, 0.25) is 0 Å². The van der Waals surface area contributed by atoms with Crippen LogP contribution >= 0.6 is 0 Å². The second kappa shape index (κ2) is 7.22. The van der Waals surface area contributed by atoms with Gasteiger partial charge in [-0.3, -0.25) is 19.5 Å². The van der Waals surface area contributed by atoms with Gasteiger partial charge in [0.05, 0.1) is 33.7 Å². The van der Waals surface area contributed by atoms with Gasteiger partial charge in [-0.25, -0.2) is 9.78 Å². The topological polar surface area (TPSA) is 104 Å². The van der Waals surface area contributed by atoms with Gasteiger partial charge in [-0.1, -0.05) is 0 Å². The van der Waals surface area contributed by atoms with Crippen molar-refractivity contribution in [2.45, 2.75) is 27.7 Å². The van der Waals surface area contributed by atoms with Gasteiger partial charge in [0.2, 0.25) is 0 Å². The molecule has 1 heterocycles. The van der Waals surface area contributed by atoms with Crippen molar-refractivity contribution in [3.05, 3.63) is 73.3 Å². The summed E-state index contributed by atoms with van der Waals surface area (Å²) >= 11 is 0. The molecule has 0 aliphatic rings. The first-order chi connectivity index (χ1) is 13.3. The highest BCUT2D eigenvalue weighted by molar-refractivity contribution is 5.99. The standard InChI is InChI=1S/C20H19N3O5/c1-5-28-20(25)17-11(2)10-16-18(12(17)3)19(24)22(13(4)21-16)14-6-8-15(9-7-14)23(26)27/h6-10H,5H2,1-4H3. The number of non-ortho nitro benzene ring substituents is 1. The monoisotopic (exact) mass is 381 g/mol. The molecule has 0 bridgehead atoms. The van der Waals surface area contributed by atoms with Crippen molar-refractivity contribution in [3.63, 3.8) is 0 Å². The van der Waals surface area contributed by atoms with Crippen LogP contribution < -0.4 is 5.56 Å². The van der Waals surface area contributed by atoms with Crippen molar-refractivity contribution in [2.75, 3.05) is 6.61 Å². The van der Waals surface area contributed by atoms with Crippen LogP contribution in [0.3, 0.4) is 0 Å². The molecule has 3 aromatic rings. The molecule has 0 N–H and O–H groups in total. The first-order valence-electron chi connectivity index (χ1n) is 8.71. The third-order valence-corrected chi connectivity index (χ3v) is 4.57. The molecule has 2 aromatic carbocycles. The zero-order valence-electron chi connectivity index (χ0n) is 16.0. The third kappa shape index (κ3) is 3.13. The van der Waals surface area contributed by atoms with E-state index in [1.807, 2.05) is 0 Å². The van der Waals surface area contributed by atoms with Crippen LogP contribution in [0.25, 0.3) is 16.6 Å². The van der Waals surface area contributed by atoms with Gasteiger partial charge in [0.1, 0.15) is 5.82 Å². The maximum Gasteiger partial charge on any atom is 0.338 e. The van der Waals surface area contributed by atoms with E-state index in [1.54, 1.807) is 33.8 Å². The second-order valence-electron chi connectivity index (χ2n) is 6.38. The molecule has 0 radical (unpaired) electrons. The molecule has 0 unspecified atom stereocenters. The lowest BCUT2D eigenvalue weighted by Gasteiger charge is -2.15. The fourth-order valence-electron chi connectivity index (χ4n) is 3.35. The molecule has 8 nitrogen and oxygen atoms in total. The Balaban J connectivity index is 2.30. The van der Waals surface area contributed by atoms with Crippen molar-refractivity contribution < 1.29 is 14.5 Å². The molecule has 0 spiro atoms. The van der Waals surface area contributed by atoms with Gasteiger partial charge in [-0.15, -0.1) is 0 Å². The number of fused-ring (bicyclic) bond motifs is 1. The summed E-state index contributed by atoms with van der Waals surface area (Å²) in [6.07, 6.45) is 0. The Morgan fingerprint density at radius 1 is 1.21 bits per heavy atom. The maximum atomic E-state index is 13.3. The first kappa shape index (κ1) is 19.2. The van der Waals surface area contributed by atoms with Gasteiger partial charge in [-0.05, 0) is 57.0 Å². The van der Waals surface area contributed by atoms with E-state index in [1.165, 1.54) is 28.8 Å². The summed E-state index contributed by atoms with van der Waals surface area (Å²) < 4.78 is 6.50. The van der Waals surface area contributed by atoms with Crippen molar-refractivity contribution in [1.82, 2.24) is 9.55 Å². The zero-order chi connectivity index (χ0) is 20.6. The van der Waals surface area contributed by atoms with Crippen LogP contribution in [-0.2, 0) is 4.74 Å². The fraction of sp³-hybridized carbons (Fsp3) is 0.250. The van der Waals surface area contributed by atoms with Crippen molar-refractivity contribution in [2.24, 2.45) is 0 Å². The van der Waals surface area contributed by atoms with E-state index >= 15 is 0 Å². The molecule has 0 aliphatic heterocycles. The number of esters is 1. The van der Waals surface area contributed by atoms with Crippen LogP contribution in [-0.4, -0.2) is 27.1 Å². The molecule has 0 amide bonds. The summed E-state index contributed by atoms with van der Waals surface area (Å²) in [5, 5.41) is 11.2. The van der Waals surface area contributed by atoms with Gasteiger partial charge < -0.3 is 4.74 Å². The summed E-state index contributed by atoms with van der Waals surface area (Å²) in [5.41, 5.74) is 2.07. The number of hydrogen-bond donors (Lipinski definition) is 0. The molecular weight excluding hydrogens is 362 g/mol. The van der Waals surface area contributed by atoms with Gasteiger partial charge >= 0.3 is 5.97 Å². The zero-order valence-corrected chi connectivity index (χ0v) is 16.0. The van der Waals surface area contributed by atoms with Crippen molar-refractivity contribution in [1.29, 1.82) is 0 Å². The van der Waals surface area contributed by atoms with E-state index in [0.29, 0.717) is 39.1 Å². The predicted octanol–water partition coefficient (Wildman–Crippen LogP) is 3.40. The van der Waals surface area contributed by atoms with Crippen LogP contribution in [0.5, 0.6) is 0 Å². The molecular formula is C20H19N3O5. The first-order valence-corrected chi connectivity index (χ1v) is 8.71. The Morgan fingerprint density at radius 3 is 2.43 bits per heavy atom. The third-order valence-electron chi connectivity index (χ3n) is 4.57. The number of carbonyl (C=O) groups is 1. The van der Waals surface area contributed by atoms with Crippen LogP contribution in [0, 0.1) is 30.9 Å². The number of nitro benzene ring substituents is 1. The fourth-order valence-corrected chi connectivity index (χ4v) is 3.35. The highest BCUT2D eigenvalue weighted by Gasteiger charge is 2.20. The highest BCUT2D eigenvalue weighted by Crippen LogP contribution is 2.24. The maximum absolute atomic E-state index is 13.3. The number of benzene rings is 2. The van der Waals surface area contributed by atoms with E-state index in [9.17, 15) is 19.7 Å². The summed E-state index contributed by atoms with van der Waals surface area (Å²) in [7, 11) is 0. The van der Waals surface area contributed by atoms with Crippen molar-refractivity contribution >= 4 is 22.6 Å². The molecule has 28 heavy (non-hydrogen) atoms. The normalized spacial score (nSPS) is 10.9.